The van der Waals surface area contributed by atoms with Crippen LogP contribution in [0.4, 0.5) is 5.69 Å². The molecule has 1 aromatic carbocycles. The smallest absolute Gasteiger partial charge is 0.0713 e. The van der Waals surface area contributed by atoms with E-state index < -0.39 is 0 Å². The summed E-state index contributed by atoms with van der Waals surface area (Å²) >= 11 is 0. The summed E-state index contributed by atoms with van der Waals surface area (Å²) in [5.74, 6) is 6.28. The molecule has 3 heteroatoms. The predicted molar refractivity (Wildman–Crippen MR) is 60.6 cm³/mol. The minimum absolute atomic E-state index is 0.437. The van der Waals surface area contributed by atoms with Crippen molar-refractivity contribution in [2.45, 2.75) is 19.8 Å². The molecule has 0 bridgehead atoms. The van der Waals surface area contributed by atoms with Gasteiger partial charge in [-0.25, -0.2) is 0 Å². The molecular formula is C11H15N3. The molecule has 2 rings (SSSR count). The summed E-state index contributed by atoms with van der Waals surface area (Å²) in [4.78, 5) is 0. The SMILES string of the molecule is CC(C)c1cn(N)c2cccc(N)c12. The lowest BCUT2D eigenvalue weighted by molar-refractivity contribution is 0.866. The fourth-order valence-electron chi connectivity index (χ4n) is 1.81. The quantitative estimate of drug-likeness (QED) is 0.533. The highest BCUT2D eigenvalue weighted by atomic mass is 15.3. The summed E-state index contributed by atoms with van der Waals surface area (Å²) in [6, 6.07) is 5.82. The molecule has 1 aromatic heterocycles. The Morgan fingerprint density at radius 3 is 2.64 bits per heavy atom. The average Bonchev–Trinajstić information content (AvgIpc) is 2.46. The zero-order chi connectivity index (χ0) is 10.3. The van der Waals surface area contributed by atoms with Gasteiger partial charge in [-0.2, -0.15) is 0 Å². The van der Waals surface area contributed by atoms with Crippen molar-refractivity contribution in [2.75, 3.05) is 11.6 Å². The van der Waals surface area contributed by atoms with E-state index in [-0.39, 0.29) is 0 Å². The Labute approximate surface area is 83.3 Å². The van der Waals surface area contributed by atoms with Crippen LogP contribution in [-0.4, -0.2) is 4.68 Å². The van der Waals surface area contributed by atoms with E-state index in [0.29, 0.717) is 5.92 Å². The molecule has 0 spiro atoms. The summed E-state index contributed by atoms with van der Waals surface area (Å²) in [7, 11) is 0. The Kier molecular flexibility index (Phi) is 1.88. The Bertz CT molecular complexity index is 469. The molecule has 0 fully saturated rings. The van der Waals surface area contributed by atoms with Gasteiger partial charge >= 0.3 is 0 Å². The van der Waals surface area contributed by atoms with Crippen molar-refractivity contribution in [3.05, 3.63) is 30.0 Å². The number of nitrogens with zero attached hydrogens (tertiary/aromatic N) is 1. The molecule has 0 radical (unpaired) electrons. The summed E-state index contributed by atoms with van der Waals surface area (Å²) in [6.07, 6.45) is 1.95. The topological polar surface area (TPSA) is 57.0 Å². The second-order valence-electron chi connectivity index (χ2n) is 3.89. The number of hydrogen-bond donors (Lipinski definition) is 2. The van der Waals surface area contributed by atoms with Gasteiger partial charge in [0.25, 0.3) is 0 Å². The normalized spacial score (nSPS) is 11.4. The lowest BCUT2D eigenvalue weighted by atomic mass is 10.0. The maximum absolute atomic E-state index is 5.94. The third-order valence-corrected chi connectivity index (χ3v) is 2.54. The fraction of sp³-hybridized carbons (Fsp3) is 0.273. The Hall–Kier alpha value is -1.64. The van der Waals surface area contributed by atoms with Gasteiger partial charge in [0, 0.05) is 17.3 Å². The molecule has 4 N–H and O–H groups in total. The van der Waals surface area contributed by atoms with Gasteiger partial charge < -0.3 is 11.6 Å². The number of benzene rings is 1. The van der Waals surface area contributed by atoms with Crippen LogP contribution in [0.25, 0.3) is 10.9 Å². The van der Waals surface area contributed by atoms with Gasteiger partial charge in [0.15, 0.2) is 0 Å². The van der Waals surface area contributed by atoms with Gasteiger partial charge in [-0.1, -0.05) is 19.9 Å². The standard InChI is InChI=1S/C11H15N3/c1-7(2)8-6-14(13)10-5-3-4-9(12)11(8)10/h3-7H,12-13H2,1-2H3. The molecule has 0 aliphatic heterocycles. The molecule has 0 aliphatic rings. The number of nitrogens with two attached hydrogens (primary N) is 2. The van der Waals surface area contributed by atoms with Crippen molar-refractivity contribution in [1.29, 1.82) is 0 Å². The highest BCUT2D eigenvalue weighted by molar-refractivity contribution is 5.94. The first-order chi connectivity index (χ1) is 6.61. The molecule has 1 heterocycles. The van der Waals surface area contributed by atoms with Crippen LogP contribution < -0.4 is 11.6 Å². The van der Waals surface area contributed by atoms with Gasteiger partial charge in [-0.15, -0.1) is 0 Å². The second kappa shape index (κ2) is 2.94. The summed E-state index contributed by atoms with van der Waals surface area (Å²) < 4.78 is 1.64. The minimum Gasteiger partial charge on any atom is -0.398 e. The molecule has 74 valence electrons. The van der Waals surface area contributed by atoms with Crippen molar-refractivity contribution in [1.82, 2.24) is 4.68 Å². The highest BCUT2D eigenvalue weighted by Gasteiger charge is 2.11. The largest absolute Gasteiger partial charge is 0.398 e. The Balaban J connectivity index is 2.86. The maximum atomic E-state index is 5.94. The van der Waals surface area contributed by atoms with E-state index in [9.17, 15) is 0 Å². The predicted octanol–water partition coefficient (Wildman–Crippen LogP) is 2.06. The maximum Gasteiger partial charge on any atom is 0.0713 e. The van der Waals surface area contributed by atoms with E-state index >= 15 is 0 Å². The summed E-state index contributed by atoms with van der Waals surface area (Å²) in [5.41, 5.74) is 8.94. The molecule has 0 amide bonds. The summed E-state index contributed by atoms with van der Waals surface area (Å²) in [5, 5.41) is 1.09. The number of hydrogen-bond acceptors (Lipinski definition) is 2. The van der Waals surface area contributed by atoms with Crippen molar-refractivity contribution in [3.8, 4) is 0 Å². The molecule has 0 atom stereocenters. The summed E-state index contributed by atoms with van der Waals surface area (Å²) in [6.45, 7) is 4.28. The third-order valence-electron chi connectivity index (χ3n) is 2.54. The number of anilines is 1. The molecule has 3 nitrogen and oxygen atoms in total. The van der Waals surface area contributed by atoms with Crippen LogP contribution in [0.1, 0.15) is 25.3 Å². The average molecular weight is 189 g/mol. The van der Waals surface area contributed by atoms with Crippen molar-refractivity contribution < 1.29 is 0 Å². The molecule has 14 heavy (non-hydrogen) atoms. The van der Waals surface area contributed by atoms with Gasteiger partial charge in [-0.05, 0) is 23.6 Å². The van der Waals surface area contributed by atoms with Gasteiger partial charge in [0.2, 0.25) is 0 Å². The van der Waals surface area contributed by atoms with Crippen LogP contribution in [0.2, 0.25) is 0 Å². The molecular weight excluding hydrogens is 174 g/mol. The minimum atomic E-state index is 0.437. The van der Waals surface area contributed by atoms with Gasteiger partial charge in [0.1, 0.15) is 0 Å². The van der Waals surface area contributed by atoms with Crippen LogP contribution in [0.15, 0.2) is 24.4 Å². The number of fused-ring (bicyclic) bond motifs is 1. The van der Waals surface area contributed by atoms with Gasteiger partial charge in [-0.3, -0.25) is 4.68 Å². The lowest BCUT2D eigenvalue weighted by Crippen LogP contribution is -2.05. The van der Waals surface area contributed by atoms with Crippen molar-refractivity contribution in [3.63, 3.8) is 0 Å². The first-order valence-electron chi connectivity index (χ1n) is 4.75. The second-order valence-corrected chi connectivity index (χ2v) is 3.89. The first-order valence-corrected chi connectivity index (χ1v) is 4.75. The highest BCUT2D eigenvalue weighted by Crippen LogP contribution is 2.30. The van der Waals surface area contributed by atoms with E-state index in [0.717, 1.165) is 16.6 Å². The molecule has 0 aliphatic carbocycles. The molecule has 0 unspecified atom stereocenters. The first kappa shape index (κ1) is 8.94. The molecule has 2 aromatic rings. The Morgan fingerprint density at radius 2 is 2.00 bits per heavy atom. The van der Waals surface area contributed by atoms with Crippen LogP contribution in [0, 0.1) is 0 Å². The van der Waals surface area contributed by atoms with Crippen LogP contribution in [0.5, 0.6) is 0 Å². The molecule has 0 saturated heterocycles. The van der Waals surface area contributed by atoms with E-state index in [1.54, 1.807) is 4.68 Å². The lowest BCUT2D eigenvalue weighted by Gasteiger charge is -2.03. The van der Waals surface area contributed by atoms with Crippen molar-refractivity contribution >= 4 is 16.6 Å². The van der Waals surface area contributed by atoms with E-state index in [1.807, 2.05) is 24.4 Å². The number of rotatable bonds is 1. The van der Waals surface area contributed by atoms with Crippen LogP contribution in [-0.2, 0) is 0 Å². The van der Waals surface area contributed by atoms with Gasteiger partial charge in [0.05, 0.1) is 5.52 Å². The Morgan fingerprint density at radius 1 is 1.29 bits per heavy atom. The van der Waals surface area contributed by atoms with E-state index in [1.165, 1.54) is 5.56 Å². The zero-order valence-electron chi connectivity index (χ0n) is 8.49. The van der Waals surface area contributed by atoms with E-state index in [2.05, 4.69) is 13.8 Å². The van der Waals surface area contributed by atoms with E-state index in [4.69, 9.17) is 11.6 Å². The number of aromatic nitrogens is 1. The monoisotopic (exact) mass is 189 g/mol. The zero-order valence-corrected chi connectivity index (χ0v) is 8.49. The third kappa shape index (κ3) is 1.13. The number of nitrogen functional groups attached to an aromatic ring is 2. The van der Waals surface area contributed by atoms with Crippen LogP contribution >= 0.6 is 0 Å². The van der Waals surface area contributed by atoms with Crippen molar-refractivity contribution in [2.24, 2.45) is 0 Å². The van der Waals surface area contributed by atoms with Crippen LogP contribution in [0.3, 0.4) is 0 Å². The molecule has 0 saturated carbocycles. The fourth-order valence-corrected chi connectivity index (χ4v) is 1.81.